The van der Waals surface area contributed by atoms with Gasteiger partial charge in [-0.25, -0.2) is 9.18 Å². The molecular weight excluding hydrogens is 197 g/mol. The fourth-order valence-corrected chi connectivity index (χ4v) is 1.41. The summed E-state index contributed by atoms with van der Waals surface area (Å²) in [5.41, 5.74) is 0.843. The second-order valence-corrected chi connectivity index (χ2v) is 3.29. The molecule has 0 atom stereocenters. The summed E-state index contributed by atoms with van der Waals surface area (Å²) in [6, 6.07) is 5.77. The third kappa shape index (κ3) is 1.66. The van der Waals surface area contributed by atoms with Crippen molar-refractivity contribution in [1.82, 2.24) is 4.98 Å². The molecule has 0 saturated carbocycles. The Morgan fingerprint density at radius 2 is 2.13 bits per heavy atom. The van der Waals surface area contributed by atoms with E-state index in [1.807, 2.05) is 0 Å². The SMILES string of the molecule is Cc1ccc2cc(C(=O)O)cc(F)c2n1. The smallest absolute Gasteiger partial charge is 0.335 e. The molecule has 0 saturated heterocycles. The summed E-state index contributed by atoms with van der Waals surface area (Å²) in [4.78, 5) is 14.7. The van der Waals surface area contributed by atoms with Crippen molar-refractivity contribution in [2.24, 2.45) is 0 Å². The lowest BCUT2D eigenvalue weighted by Crippen LogP contribution is -1.98. The number of halogens is 1. The maximum absolute atomic E-state index is 13.5. The molecule has 15 heavy (non-hydrogen) atoms. The number of fused-ring (bicyclic) bond motifs is 1. The Kier molecular flexibility index (Phi) is 2.11. The van der Waals surface area contributed by atoms with Gasteiger partial charge in [0.25, 0.3) is 0 Å². The molecule has 0 aliphatic carbocycles. The van der Waals surface area contributed by atoms with Gasteiger partial charge in [-0.3, -0.25) is 4.98 Å². The van der Waals surface area contributed by atoms with Gasteiger partial charge < -0.3 is 5.11 Å². The molecule has 0 radical (unpaired) electrons. The third-order valence-electron chi connectivity index (χ3n) is 2.13. The van der Waals surface area contributed by atoms with E-state index < -0.39 is 11.8 Å². The molecule has 76 valence electrons. The highest BCUT2D eigenvalue weighted by Gasteiger charge is 2.09. The molecule has 0 amide bonds. The monoisotopic (exact) mass is 205 g/mol. The molecule has 0 fully saturated rings. The summed E-state index contributed by atoms with van der Waals surface area (Å²) in [6.45, 7) is 1.75. The lowest BCUT2D eigenvalue weighted by atomic mass is 10.1. The molecule has 3 nitrogen and oxygen atoms in total. The van der Waals surface area contributed by atoms with Crippen LogP contribution in [-0.4, -0.2) is 16.1 Å². The van der Waals surface area contributed by atoms with Gasteiger partial charge in [-0.2, -0.15) is 0 Å². The van der Waals surface area contributed by atoms with E-state index in [-0.39, 0.29) is 11.1 Å². The lowest BCUT2D eigenvalue weighted by molar-refractivity contribution is 0.0696. The second-order valence-electron chi connectivity index (χ2n) is 3.29. The van der Waals surface area contributed by atoms with Crippen LogP contribution in [0.2, 0.25) is 0 Å². The van der Waals surface area contributed by atoms with Crippen LogP contribution < -0.4 is 0 Å². The van der Waals surface area contributed by atoms with Crippen LogP contribution in [0.4, 0.5) is 4.39 Å². The van der Waals surface area contributed by atoms with E-state index in [0.29, 0.717) is 11.1 Å². The summed E-state index contributed by atoms with van der Waals surface area (Å²) < 4.78 is 13.5. The molecule has 1 aromatic heterocycles. The number of aromatic carboxylic acids is 1. The number of hydrogen-bond acceptors (Lipinski definition) is 2. The number of benzene rings is 1. The molecule has 1 aromatic carbocycles. The minimum absolute atomic E-state index is 0.0642. The Morgan fingerprint density at radius 1 is 1.40 bits per heavy atom. The molecule has 0 aliphatic heterocycles. The first-order valence-electron chi connectivity index (χ1n) is 4.38. The summed E-state index contributed by atoms with van der Waals surface area (Å²) >= 11 is 0. The zero-order chi connectivity index (χ0) is 11.0. The Labute approximate surface area is 85.2 Å². The standard InChI is InChI=1S/C11H8FNO2/c1-6-2-3-7-4-8(11(14)15)5-9(12)10(7)13-6/h2-5H,1H3,(H,14,15). The largest absolute Gasteiger partial charge is 0.478 e. The fourth-order valence-electron chi connectivity index (χ4n) is 1.41. The van der Waals surface area contributed by atoms with E-state index in [0.717, 1.165) is 6.07 Å². The van der Waals surface area contributed by atoms with E-state index in [4.69, 9.17) is 5.11 Å². The van der Waals surface area contributed by atoms with Crippen LogP contribution in [0.25, 0.3) is 10.9 Å². The number of aryl methyl sites for hydroxylation is 1. The number of carboxylic acid groups (broad SMARTS) is 1. The van der Waals surface area contributed by atoms with Crippen molar-refractivity contribution < 1.29 is 14.3 Å². The maximum Gasteiger partial charge on any atom is 0.335 e. The summed E-state index contributed by atoms with van der Waals surface area (Å²) in [6.07, 6.45) is 0. The molecular formula is C11H8FNO2. The predicted molar refractivity (Wildman–Crippen MR) is 53.4 cm³/mol. The third-order valence-corrected chi connectivity index (χ3v) is 2.13. The first-order chi connectivity index (χ1) is 7.08. The first kappa shape index (κ1) is 9.58. The van der Waals surface area contributed by atoms with Gasteiger partial charge in [0.2, 0.25) is 0 Å². The zero-order valence-corrected chi connectivity index (χ0v) is 7.99. The Bertz CT molecular complexity index is 552. The Balaban J connectivity index is 2.78. The molecule has 2 aromatic rings. The zero-order valence-electron chi connectivity index (χ0n) is 7.99. The van der Waals surface area contributed by atoms with Crippen LogP contribution in [0, 0.1) is 12.7 Å². The molecule has 0 aliphatic rings. The number of hydrogen-bond donors (Lipinski definition) is 1. The van der Waals surface area contributed by atoms with Crippen LogP contribution in [0.1, 0.15) is 16.1 Å². The van der Waals surface area contributed by atoms with Gasteiger partial charge in [0.15, 0.2) is 0 Å². The number of nitrogens with zero attached hydrogens (tertiary/aromatic N) is 1. The van der Waals surface area contributed by atoms with Crippen LogP contribution in [0.15, 0.2) is 24.3 Å². The number of aromatic nitrogens is 1. The maximum atomic E-state index is 13.5. The molecule has 0 unspecified atom stereocenters. The van der Waals surface area contributed by atoms with Gasteiger partial charge in [-0.1, -0.05) is 6.07 Å². The average Bonchev–Trinajstić information content (AvgIpc) is 2.18. The average molecular weight is 205 g/mol. The number of pyridine rings is 1. The number of rotatable bonds is 1. The van der Waals surface area contributed by atoms with Gasteiger partial charge in [0, 0.05) is 11.1 Å². The van der Waals surface area contributed by atoms with Crippen LogP contribution in [-0.2, 0) is 0 Å². The summed E-state index contributed by atoms with van der Waals surface area (Å²) in [5, 5.41) is 9.23. The van der Waals surface area contributed by atoms with E-state index in [1.54, 1.807) is 19.1 Å². The van der Waals surface area contributed by atoms with Crippen molar-refractivity contribution in [3.05, 3.63) is 41.3 Å². The van der Waals surface area contributed by atoms with Gasteiger partial charge in [0.1, 0.15) is 11.3 Å². The summed E-state index contributed by atoms with van der Waals surface area (Å²) in [7, 11) is 0. The predicted octanol–water partition coefficient (Wildman–Crippen LogP) is 2.38. The first-order valence-corrected chi connectivity index (χ1v) is 4.38. The normalized spacial score (nSPS) is 10.5. The van der Waals surface area contributed by atoms with Crippen molar-refractivity contribution in [3.63, 3.8) is 0 Å². The highest BCUT2D eigenvalue weighted by molar-refractivity contribution is 5.93. The van der Waals surface area contributed by atoms with Gasteiger partial charge in [-0.15, -0.1) is 0 Å². The van der Waals surface area contributed by atoms with E-state index in [2.05, 4.69) is 4.98 Å². The van der Waals surface area contributed by atoms with Crippen molar-refractivity contribution in [2.45, 2.75) is 6.92 Å². The fraction of sp³-hybridized carbons (Fsp3) is 0.0909. The van der Waals surface area contributed by atoms with Crippen LogP contribution in [0.3, 0.4) is 0 Å². The lowest BCUT2D eigenvalue weighted by Gasteiger charge is -2.02. The molecule has 2 rings (SSSR count). The quantitative estimate of drug-likeness (QED) is 0.777. The summed E-state index contributed by atoms with van der Waals surface area (Å²) in [5.74, 6) is -1.75. The van der Waals surface area contributed by atoms with Crippen molar-refractivity contribution in [2.75, 3.05) is 0 Å². The van der Waals surface area contributed by atoms with Crippen LogP contribution in [0.5, 0.6) is 0 Å². The topological polar surface area (TPSA) is 50.2 Å². The van der Waals surface area contributed by atoms with Crippen molar-refractivity contribution in [3.8, 4) is 0 Å². The van der Waals surface area contributed by atoms with Crippen molar-refractivity contribution in [1.29, 1.82) is 0 Å². The van der Waals surface area contributed by atoms with Gasteiger partial charge in [0.05, 0.1) is 5.56 Å². The highest BCUT2D eigenvalue weighted by atomic mass is 19.1. The molecule has 0 spiro atoms. The molecule has 1 N–H and O–H groups in total. The van der Waals surface area contributed by atoms with Gasteiger partial charge >= 0.3 is 5.97 Å². The second kappa shape index (κ2) is 3.31. The van der Waals surface area contributed by atoms with Crippen molar-refractivity contribution >= 4 is 16.9 Å². The molecule has 1 heterocycles. The number of carboxylic acids is 1. The van der Waals surface area contributed by atoms with E-state index in [1.165, 1.54) is 6.07 Å². The van der Waals surface area contributed by atoms with Crippen LogP contribution >= 0.6 is 0 Å². The Hall–Kier alpha value is -1.97. The molecule has 4 heteroatoms. The highest BCUT2D eigenvalue weighted by Crippen LogP contribution is 2.18. The molecule has 0 bridgehead atoms. The number of carbonyl (C=O) groups is 1. The van der Waals surface area contributed by atoms with E-state index >= 15 is 0 Å². The van der Waals surface area contributed by atoms with E-state index in [9.17, 15) is 9.18 Å². The minimum atomic E-state index is -1.14. The minimum Gasteiger partial charge on any atom is -0.478 e. The Morgan fingerprint density at radius 3 is 2.80 bits per heavy atom. The van der Waals surface area contributed by atoms with Gasteiger partial charge in [-0.05, 0) is 25.1 Å².